The van der Waals surface area contributed by atoms with Crippen molar-refractivity contribution in [2.75, 3.05) is 17.1 Å². The van der Waals surface area contributed by atoms with Crippen molar-refractivity contribution in [2.45, 2.75) is 11.8 Å². The fourth-order valence-electron chi connectivity index (χ4n) is 3.13. The summed E-state index contributed by atoms with van der Waals surface area (Å²) in [6.45, 7) is 2.03. The number of aryl methyl sites for hydroxylation is 1. The highest BCUT2D eigenvalue weighted by Crippen LogP contribution is 2.27. The summed E-state index contributed by atoms with van der Waals surface area (Å²) in [6.07, 6.45) is 1.47. The van der Waals surface area contributed by atoms with Gasteiger partial charge in [-0.3, -0.25) is 4.72 Å². The molecule has 4 rings (SSSR count). The highest BCUT2D eigenvalue weighted by molar-refractivity contribution is 7.92. The minimum atomic E-state index is -3.82. The third-order valence-corrected chi connectivity index (χ3v) is 6.15. The lowest BCUT2D eigenvalue weighted by Gasteiger charge is -2.13. The summed E-state index contributed by atoms with van der Waals surface area (Å²) in [5.41, 5.74) is 3.86. The van der Waals surface area contributed by atoms with Crippen molar-refractivity contribution < 1.29 is 13.2 Å². The van der Waals surface area contributed by atoms with Gasteiger partial charge in [-0.25, -0.2) is 18.4 Å². The summed E-state index contributed by atoms with van der Waals surface area (Å²) in [4.78, 5) is 8.70. The molecule has 32 heavy (non-hydrogen) atoms. The summed E-state index contributed by atoms with van der Waals surface area (Å²) < 4.78 is 33.6. The predicted molar refractivity (Wildman–Crippen MR) is 126 cm³/mol. The molecule has 4 aromatic rings. The van der Waals surface area contributed by atoms with Gasteiger partial charge < -0.3 is 10.1 Å². The van der Waals surface area contributed by atoms with Gasteiger partial charge in [-0.05, 0) is 37.3 Å². The van der Waals surface area contributed by atoms with E-state index < -0.39 is 10.0 Å². The SMILES string of the molecule is COc1ccccc1NS(=O)(=O)c1cccc(Nc2cc(-c3ccc(C)cc3)ncn2)c1. The van der Waals surface area contributed by atoms with Gasteiger partial charge >= 0.3 is 0 Å². The maximum absolute atomic E-state index is 12.9. The van der Waals surface area contributed by atoms with Crippen LogP contribution in [0.25, 0.3) is 11.3 Å². The van der Waals surface area contributed by atoms with Gasteiger partial charge in [0.1, 0.15) is 17.9 Å². The number of nitrogens with one attached hydrogen (secondary N) is 2. The van der Waals surface area contributed by atoms with E-state index in [9.17, 15) is 8.42 Å². The molecule has 0 unspecified atom stereocenters. The van der Waals surface area contributed by atoms with E-state index in [0.29, 0.717) is 22.9 Å². The van der Waals surface area contributed by atoms with E-state index in [4.69, 9.17) is 4.74 Å². The Hall–Kier alpha value is -3.91. The Labute approximate surface area is 187 Å². The molecule has 0 aliphatic rings. The van der Waals surface area contributed by atoms with Crippen molar-refractivity contribution in [3.63, 3.8) is 0 Å². The maximum atomic E-state index is 12.9. The van der Waals surface area contributed by atoms with Gasteiger partial charge in [0.2, 0.25) is 0 Å². The van der Waals surface area contributed by atoms with E-state index in [-0.39, 0.29) is 4.90 Å². The number of ether oxygens (including phenoxy) is 1. The van der Waals surface area contributed by atoms with Crippen molar-refractivity contribution >= 4 is 27.2 Å². The Morgan fingerprint density at radius 2 is 1.66 bits per heavy atom. The number of methoxy groups -OCH3 is 1. The Balaban J connectivity index is 1.57. The van der Waals surface area contributed by atoms with Crippen LogP contribution < -0.4 is 14.8 Å². The standard InChI is InChI=1S/C24H22N4O3S/c1-17-10-12-18(13-11-17)22-15-24(26-16-25-22)27-19-6-5-7-20(14-19)32(29,30)28-21-8-3-4-9-23(21)31-2/h3-16,28H,1-2H3,(H,25,26,27). The quantitative estimate of drug-likeness (QED) is 0.415. The first-order valence-corrected chi connectivity index (χ1v) is 11.3. The fraction of sp³-hybridized carbons (Fsp3) is 0.0833. The average Bonchev–Trinajstić information content (AvgIpc) is 2.80. The zero-order chi connectivity index (χ0) is 22.6. The molecule has 0 aliphatic heterocycles. The van der Waals surface area contributed by atoms with Gasteiger partial charge in [-0.2, -0.15) is 0 Å². The molecule has 7 nitrogen and oxygen atoms in total. The summed E-state index contributed by atoms with van der Waals surface area (Å²) in [7, 11) is -2.33. The minimum Gasteiger partial charge on any atom is -0.495 e. The molecule has 1 heterocycles. The van der Waals surface area contributed by atoms with E-state index >= 15 is 0 Å². The summed E-state index contributed by atoms with van der Waals surface area (Å²) in [5.74, 6) is 0.998. The van der Waals surface area contributed by atoms with Gasteiger partial charge in [0.15, 0.2) is 0 Å². The number of anilines is 3. The smallest absolute Gasteiger partial charge is 0.262 e. The van der Waals surface area contributed by atoms with Crippen LogP contribution in [0.4, 0.5) is 17.2 Å². The number of benzene rings is 3. The lowest BCUT2D eigenvalue weighted by Crippen LogP contribution is -2.13. The van der Waals surface area contributed by atoms with Crippen molar-refractivity contribution in [1.29, 1.82) is 0 Å². The fourth-order valence-corrected chi connectivity index (χ4v) is 4.25. The first kappa shape index (κ1) is 21.3. The highest BCUT2D eigenvalue weighted by Gasteiger charge is 2.17. The van der Waals surface area contributed by atoms with Crippen LogP contribution in [0.2, 0.25) is 0 Å². The molecule has 0 bridgehead atoms. The number of para-hydroxylation sites is 2. The molecule has 0 saturated carbocycles. The van der Waals surface area contributed by atoms with Crippen LogP contribution in [0.15, 0.2) is 90.1 Å². The van der Waals surface area contributed by atoms with Crippen molar-refractivity contribution in [3.05, 3.63) is 90.8 Å². The third kappa shape index (κ3) is 4.87. The van der Waals surface area contributed by atoms with Crippen molar-refractivity contribution in [1.82, 2.24) is 9.97 Å². The molecular formula is C24H22N4O3S. The van der Waals surface area contributed by atoms with Crippen molar-refractivity contribution in [3.8, 4) is 17.0 Å². The number of nitrogens with zero attached hydrogens (tertiary/aromatic N) is 2. The zero-order valence-electron chi connectivity index (χ0n) is 17.6. The molecular weight excluding hydrogens is 424 g/mol. The van der Waals surface area contributed by atoms with E-state index in [1.165, 1.54) is 25.1 Å². The Morgan fingerprint density at radius 1 is 0.875 bits per heavy atom. The Bertz CT molecular complexity index is 1340. The molecule has 0 radical (unpaired) electrons. The number of rotatable bonds is 7. The molecule has 2 N–H and O–H groups in total. The molecule has 8 heteroatoms. The summed E-state index contributed by atoms with van der Waals surface area (Å²) in [5, 5.41) is 3.16. The normalized spacial score (nSPS) is 11.1. The average molecular weight is 447 g/mol. The molecule has 0 atom stereocenters. The van der Waals surface area contributed by atoms with Crippen LogP contribution in [-0.2, 0) is 10.0 Å². The lowest BCUT2D eigenvalue weighted by atomic mass is 10.1. The first-order valence-electron chi connectivity index (χ1n) is 9.87. The second-order valence-electron chi connectivity index (χ2n) is 7.11. The van der Waals surface area contributed by atoms with E-state index in [1.54, 1.807) is 42.5 Å². The third-order valence-electron chi connectivity index (χ3n) is 4.78. The van der Waals surface area contributed by atoms with Crippen LogP contribution in [-0.4, -0.2) is 25.5 Å². The molecule has 1 aromatic heterocycles. The second-order valence-corrected chi connectivity index (χ2v) is 8.80. The van der Waals surface area contributed by atoms with E-state index in [0.717, 1.165) is 11.3 Å². The van der Waals surface area contributed by atoms with Crippen LogP contribution in [0.1, 0.15) is 5.56 Å². The topological polar surface area (TPSA) is 93.2 Å². The Kier molecular flexibility index (Phi) is 6.04. The largest absolute Gasteiger partial charge is 0.495 e. The maximum Gasteiger partial charge on any atom is 0.262 e. The summed E-state index contributed by atoms with van der Waals surface area (Å²) >= 11 is 0. The van der Waals surface area contributed by atoms with Crippen LogP contribution in [0, 0.1) is 6.92 Å². The molecule has 0 saturated heterocycles. The van der Waals surface area contributed by atoms with Gasteiger partial charge in [-0.15, -0.1) is 0 Å². The zero-order valence-corrected chi connectivity index (χ0v) is 18.4. The van der Waals surface area contributed by atoms with Crippen LogP contribution in [0.3, 0.4) is 0 Å². The molecule has 0 amide bonds. The number of aromatic nitrogens is 2. The molecule has 0 fully saturated rings. The van der Waals surface area contributed by atoms with Gasteiger partial charge in [0.25, 0.3) is 10.0 Å². The van der Waals surface area contributed by atoms with E-state index in [2.05, 4.69) is 20.0 Å². The monoisotopic (exact) mass is 446 g/mol. The van der Waals surface area contributed by atoms with Crippen LogP contribution in [0.5, 0.6) is 5.75 Å². The van der Waals surface area contributed by atoms with Crippen LogP contribution >= 0.6 is 0 Å². The number of hydrogen-bond donors (Lipinski definition) is 2. The van der Waals surface area contributed by atoms with Gasteiger partial charge in [-0.1, -0.05) is 48.0 Å². The van der Waals surface area contributed by atoms with Gasteiger partial charge in [0, 0.05) is 17.3 Å². The van der Waals surface area contributed by atoms with E-state index in [1.807, 2.05) is 37.3 Å². The molecule has 162 valence electrons. The highest BCUT2D eigenvalue weighted by atomic mass is 32.2. The molecule has 0 spiro atoms. The minimum absolute atomic E-state index is 0.112. The molecule has 3 aromatic carbocycles. The predicted octanol–water partition coefficient (Wildman–Crippen LogP) is 5.01. The first-order chi connectivity index (χ1) is 15.4. The van der Waals surface area contributed by atoms with Crippen molar-refractivity contribution in [2.24, 2.45) is 0 Å². The number of hydrogen-bond acceptors (Lipinski definition) is 6. The number of sulfonamides is 1. The lowest BCUT2D eigenvalue weighted by molar-refractivity contribution is 0.417. The summed E-state index contributed by atoms with van der Waals surface area (Å²) in [6, 6.07) is 23.2. The Morgan fingerprint density at radius 3 is 2.44 bits per heavy atom. The second kappa shape index (κ2) is 9.07. The van der Waals surface area contributed by atoms with Gasteiger partial charge in [0.05, 0.1) is 23.4 Å². The molecule has 0 aliphatic carbocycles.